The van der Waals surface area contributed by atoms with E-state index >= 15 is 0 Å². The molecular formula is C28H34BN5O3. The Morgan fingerprint density at radius 2 is 1.65 bits per heavy atom. The molecule has 8 nitrogen and oxygen atoms in total. The van der Waals surface area contributed by atoms with Crippen molar-refractivity contribution in [2.24, 2.45) is 0 Å². The van der Waals surface area contributed by atoms with Crippen LogP contribution in [0.1, 0.15) is 70.2 Å². The molecule has 1 aliphatic heterocycles. The molecule has 4 aromatic rings. The minimum atomic E-state index is -0.497. The van der Waals surface area contributed by atoms with E-state index in [1.165, 1.54) is 0 Å². The number of fused-ring (bicyclic) bond motifs is 1. The van der Waals surface area contributed by atoms with E-state index in [2.05, 4.69) is 31.1 Å². The first kappa shape index (κ1) is 25.2. The molecule has 5 rings (SSSR count). The van der Waals surface area contributed by atoms with Crippen LogP contribution >= 0.6 is 0 Å². The predicted octanol–water partition coefficient (Wildman–Crippen LogP) is 4.68. The number of rotatable bonds is 4. The van der Waals surface area contributed by atoms with Gasteiger partial charge in [0.05, 0.1) is 28.8 Å². The Bertz CT molecular complexity index is 1460. The van der Waals surface area contributed by atoms with Crippen LogP contribution in [0, 0.1) is 6.92 Å². The summed E-state index contributed by atoms with van der Waals surface area (Å²) in [4.78, 5) is 17.9. The van der Waals surface area contributed by atoms with E-state index in [1.807, 2.05) is 83.3 Å². The number of amides is 1. The second kappa shape index (κ2) is 8.57. The highest BCUT2D eigenvalue weighted by atomic mass is 16.7. The lowest BCUT2D eigenvalue weighted by Gasteiger charge is -2.32. The normalized spacial score (nSPS) is 16.9. The van der Waals surface area contributed by atoms with Crippen LogP contribution in [0.25, 0.3) is 11.3 Å². The molecular weight excluding hydrogens is 465 g/mol. The monoisotopic (exact) mass is 499 g/mol. The summed E-state index contributed by atoms with van der Waals surface area (Å²) in [5, 5.41) is 7.86. The molecule has 0 saturated carbocycles. The van der Waals surface area contributed by atoms with Crippen LogP contribution in [-0.2, 0) is 14.7 Å². The summed E-state index contributed by atoms with van der Waals surface area (Å²) >= 11 is 0. The van der Waals surface area contributed by atoms with Crippen LogP contribution in [0.5, 0.6) is 0 Å². The zero-order valence-corrected chi connectivity index (χ0v) is 22.8. The summed E-state index contributed by atoms with van der Waals surface area (Å²) in [5.74, 6) is 0.326. The lowest BCUT2D eigenvalue weighted by Crippen LogP contribution is -2.41. The number of hydrogen-bond donors (Lipinski definition) is 1. The van der Waals surface area contributed by atoms with E-state index in [0.717, 1.165) is 22.4 Å². The van der Waals surface area contributed by atoms with Crippen molar-refractivity contribution in [3.8, 4) is 5.69 Å². The molecule has 9 heteroatoms. The van der Waals surface area contributed by atoms with Gasteiger partial charge in [0.1, 0.15) is 17.2 Å². The summed E-state index contributed by atoms with van der Waals surface area (Å²) < 4.78 is 15.9. The average molecular weight is 499 g/mol. The zero-order valence-electron chi connectivity index (χ0n) is 22.8. The van der Waals surface area contributed by atoms with Crippen molar-refractivity contribution in [2.45, 2.75) is 72.0 Å². The molecule has 1 aromatic carbocycles. The number of aromatic nitrogens is 4. The summed E-state index contributed by atoms with van der Waals surface area (Å²) in [6.45, 7) is 16.4. The van der Waals surface area contributed by atoms with Gasteiger partial charge in [-0.1, -0.05) is 38.5 Å². The smallest absolute Gasteiger partial charge is 0.399 e. The topological polar surface area (TPSA) is 82.7 Å². The Balaban J connectivity index is 1.44. The SMILES string of the molecule is Cc1ccc(-n2nc(C(C)(C)C)cc2NC(=O)c2cnc3cc(B4OC(C)(C)C(C)(C)O4)ccn23)cc1. The van der Waals surface area contributed by atoms with Crippen LogP contribution < -0.4 is 10.8 Å². The molecule has 1 saturated heterocycles. The minimum absolute atomic E-state index is 0.178. The number of pyridine rings is 1. The third kappa shape index (κ3) is 4.58. The van der Waals surface area contributed by atoms with Gasteiger partial charge in [-0.25, -0.2) is 9.67 Å². The Hall–Kier alpha value is -3.43. The number of carbonyl (C=O) groups excluding carboxylic acids is 1. The second-order valence-corrected chi connectivity index (χ2v) is 11.8. The summed E-state index contributed by atoms with van der Waals surface area (Å²) in [6, 6.07) is 13.8. The molecule has 0 unspecified atom stereocenters. The highest BCUT2D eigenvalue weighted by Gasteiger charge is 2.51. The Labute approximate surface area is 218 Å². The highest BCUT2D eigenvalue weighted by molar-refractivity contribution is 6.62. The van der Waals surface area contributed by atoms with E-state index in [9.17, 15) is 4.79 Å². The molecule has 192 valence electrons. The fraction of sp³-hybridized carbons (Fsp3) is 0.393. The molecule has 0 aliphatic carbocycles. The zero-order chi connectivity index (χ0) is 26.8. The first-order valence-electron chi connectivity index (χ1n) is 12.6. The van der Waals surface area contributed by atoms with Gasteiger partial charge in [0.15, 0.2) is 0 Å². The third-order valence-corrected chi connectivity index (χ3v) is 7.29. The maximum atomic E-state index is 13.4. The van der Waals surface area contributed by atoms with Crippen LogP contribution in [0.2, 0.25) is 0 Å². The van der Waals surface area contributed by atoms with Crippen molar-refractivity contribution in [3.05, 3.63) is 71.8 Å². The van der Waals surface area contributed by atoms with Crippen LogP contribution in [-0.4, -0.2) is 43.4 Å². The van der Waals surface area contributed by atoms with Gasteiger partial charge in [-0.05, 0) is 64.3 Å². The Morgan fingerprint density at radius 1 is 1.00 bits per heavy atom. The van der Waals surface area contributed by atoms with Crippen molar-refractivity contribution in [2.75, 3.05) is 5.32 Å². The fourth-order valence-electron chi connectivity index (χ4n) is 4.19. The molecule has 4 heterocycles. The minimum Gasteiger partial charge on any atom is -0.399 e. The van der Waals surface area contributed by atoms with Gasteiger partial charge < -0.3 is 14.6 Å². The molecule has 1 amide bonds. The van der Waals surface area contributed by atoms with E-state index < -0.39 is 18.3 Å². The molecule has 1 N–H and O–H groups in total. The summed E-state index contributed by atoms with van der Waals surface area (Å²) in [5.41, 5.74) is 3.79. The lowest BCUT2D eigenvalue weighted by molar-refractivity contribution is 0.00578. The van der Waals surface area contributed by atoms with Crippen LogP contribution in [0.3, 0.4) is 0 Å². The number of benzene rings is 1. The number of imidazole rings is 1. The number of anilines is 1. The predicted molar refractivity (Wildman–Crippen MR) is 146 cm³/mol. The van der Waals surface area contributed by atoms with E-state index in [1.54, 1.807) is 15.3 Å². The number of carbonyl (C=O) groups is 1. The van der Waals surface area contributed by atoms with Gasteiger partial charge in [0, 0.05) is 17.7 Å². The molecule has 3 aromatic heterocycles. The average Bonchev–Trinajstić information content (AvgIpc) is 3.47. The van der Waals surface area contributed by atoms with E-state index in [-0.39, 0.29) is 11.3 Å². The van der Waals surface area contributed by atoms with Crippen molar-refractivity contribution >= 4 is 30.0 Å². The van der Waals surface area contributed by atoms with E-state index in [0.29, 0.717) is 17.2 Å². The third-order valence-electron chi connectivity index (χ3n) is 7.29. The van der Waals surface area contributed by atoms with Gasteiger partial charge >= 0.3 is 7.12 Å². The van der Waals surface area contributed by atoms with Crippen LogP contribution in [0.4, 0.5) is 5.82 Å². The van der Waals surface area contributed by atoms with E-state index in [4.69, 9.17) is 14.4 Å². The number of aryl methyl sites for hydroxylation is 1. The lowest BCUT2D eigenvalue weighted by atomic mass is 9.80. The van der Waals surface area contributed by atoms with Gasteiger partial charge in [0.25, 0.3) is 5.91 Å². The molecule has 0 spiro atoms. The highest BCUT2D eigenvalue weighted by Crippen LogP contribution is 2.36. The standard InChI is InChI=1S/C28H34BN5O3/c1-18-9-11-20(12-10-18)34-24(16-22(32-34)26(2,3)4)31-25(35)21-17-30-23-15-19(13-14-33(21)23)29-36-27(5,6)28(7,8)37-29/h9-17H,1-8H3,(H,31,35). The number of nitrogens with one attached hydrogen (secondary N) is 1. The first-order chi connectivity index (χ1) is 17.2. The van der Waals surface area contributed by atoms with Gasteiger partial charge in [-0.3, -0.25) is 9.20 Å². The van der Waals surface area contributed by atoms with Gasteiger partial charge in [0.2, 0.25) is 0 Å². The molecule has 37 heavy (non-hydrogen) atoms. The molecule has 1 fully saturated rings. The summed E-state index contributed by atoms with van der Waals surface area (Å²) in [7, 11) is -0.497. The first-order valence-corrected chi connectivity index (χ1v) is 12.6. The molecule has 0 atom stereocenters. The van der Waals surface area contributed by atoms with Crippen molar-refractivity contribution in [1.29, 1.82) is 0 Å². The molecule has 0 bridgehead atoms. The number of hydrogen-bond acceptors (Lipinski definition) is 5. The largest absolute Gasteiger partial charge is 0.495 e. The van der Waals surface area contributed by atoms with Crippen molar-refractivity contribution < 1.29 is 14.1 Å². The Kier molecular flexibility index (Phi) is 5.84. The maximum Gasteiger partial charge on any atom is 0.495 e. The van der Waals surface area contributed by atoms with Gasteiger partial charge in [-0.15, -0.1) is 0 Å². The van der Waals surface area contributed by atoms with Crippen molar-refractivity contribution in [1.82, 2.24) is 19.2 Å². The van der Waals surface area contributed by atoms with Crippen LogP contribution in [0.15, 0.2) is 54.9 Å². The summed E-state index contributed by atoms with van der Waals surface area (Å²) in [6.07, 6.45) is 3.41. The number of nitrogens with zero attached hydrogens (tertiary/aromatic N) is 4. The molecule has 0 radical (unpaired) electrons. The fourth-order valence-corrected chi connectivity index (χ4v) is 4.19. The quantitative estimate of drug-likeness (QED) is 0.413. The second-order valence-electron chi connectivity index (χ2n) is 11.8. The molecule has 1 aliphatic rings. The Morgan fingerprint density at radius 3 is 2.27 bits per heavy atom. The van der Waals surface area contributed by atoms with Crippen molar-refractivity contribution in [3.63, 3.8) is 0 Å². The maximum absolute atomic E-state index is 13.4. The van der Waals surface area contributed by atoms with Gasteiger partial charge in [-0.2, -0.15) is 5.10 Å².